The Labute approximate surface area is 115 Å². The molecule has 8 heteroatoms. The molecule has 0 saturated heterocycles. The number of nitrogen functional groups attached to an aromatic ring is 1. The number of thiophene rings is 1. The number of aromatic nitrogens is 1. The summed E-state index contributed by atoms with van der Waals surface area (Å²) >= 11 is 0.818. The third kappa shape index (κ3) is 1.75. The predicted octanol–water partition coefficient (Wildman–Crippen LogP) is 2.48. The predicted molar refractivity (Wildman–Crippen MR) is 69.6 cm³/mol. The first-order valence-corrected chi connectivity index (χ1v) is 6.73. The number of aryl methyl sites for hydroxylation is 1. The summed E-state index contributed by atoms with van der Waals surface area (Å²) in [5, 5.41) is -0.183. The second-order valence-corrected chi connectivity index (χ2v) is 5.65. The Morgan fingerprint density at radius 1 is 1.30 bits per heavy atom. The second-order valence-electron chi connectivity index (χ2n) is 4.65. The van der Waals surface area contributed by atoms with Crippen molar-refractivity contribution in [2.75, 3.05) is 5.73 Å². The third-order valence-corrected chi connectivity index (χ3v) is 4.52. The highest BCUT2D eigenvalue weighted by atomic mass is 32.1. The van der Waals surface area contributed by atoms with E-state index in [0.717, 1.165) is 11.3 Å². The van der Waals surface area contributed by atoms with Crippen molar-refractivity contribution >= 4 is 33.1 Å². The van der Waals surface area contributed by atoms with Gasteiger partial charge in [0, 0.05) is 11.1 Å². The van der Waals surface area contributed by atoms with Gasteiger partial charge in [0.05, 0.1) is 11.3 Å². The number of fused-ring (bicyclic) bond motifs is 2. The maximum atomic E-state index is 13.4. The number of rotatable bonds is 1. The van der Waals surface area contributed by atoms with Crippen LogP contribution in [0.3, 0.4) is 0 Å². The number of alkyl halides is 3. The van der Waals surface area contributed by atoms with Crippen molar-refractivity contribution < 1.29 is 18.0 Å². The van der Waals surface area contributed by atoms with Crippen LogP contribution in [0.5, 0.6) is 0 Å². The molecule has 0 unspecified atom stereocenters. The molecule has 2 aromatic rings. The number of nitrogens with two attached hydrogens (primary N) is 2. The third-order valence-electron chi connectivity index (χ3n) is 3.41. The van der Waals surface area contributed by atoms with Crippen molar-refractivity contribution in [2.24, 2.45) is 5.73 Å². The van der Waals surface area contributed by atoms with Gasteiger partial charge in [0.15, 0.2) is 0 Å². The molecule has 106 valence electrons. The Kier molecular flexibility index (Phi) is 2.69. The van der Waals surface area contributed by atoms with Gasteiger partial charge < -0.3 is 11.5 Å². The van der Waals surface area contributed by atoms with E-state index in [9.17, 15) is 18.0 Å². The van der Waals surface area contributed by atoms with Gasteiger partial charge in [0.1, 0.15) is 9.71 Å². The first-order chi connectivity index (χ1) is 9.30. The standard InChI is InChI=1S/C12H10F3N3OS/c13-12(14,15)7-4-2-1-3-5(4)18-11-6(7)8(16)9(20-11)10(17)19/h1-3,16H2,(H2,17,19). The average molecular weight is 301 g/mol. The molecule has 0 bridgehead atoms. The average Bonchev–Trinajstić information content (AvgIpc) is 2.90. The fraction of sp³-hybridized carbons (Fsp3) is 0.333. The van der Waals surface area contributed by atoms with Gasteiger partial charge in [-0.15, -0.1) is 11.3 Å². The minimum absolute atomic E-state index is 0.0679. The van der Waals surface area contributed by atoms with Crippen molar-refractivity contribution in [2.45, 2.75) is 25.4 Å². The second kappa shape index (κ2) is 4.08. The summed E-state index contributed by atoms with van der Waals surface area (Å²) in [5.41, 5.74) is 10.5. The van der Waals surface area contributed by atoms with Crippen LogP contribution in [0.25, 0.3) is 10.2 Å². The molecule has 0 radical (unpaired) electrons. The topological polar surface area (TPSA) is 82.0 Å². The molecule has 3 rings (SSSR count). The molecular weight excluding hydrogens is 291 g/mol. The van der Waals surface area contributed by atoms with Crippen LogP contribution in [0, 0.1) is 0 Å². The molecule has 0 spiro atoms. The Morgan fingerprint density at radius 2 is 2.00 bits per heavy atom. The summed E-state index contributed by atoms with van der Waals surface area (Å²) in [6.45, 7) is 0. The van der Waals surface area contributed by atoms with Crippen LogP contribution >= 0.6 is 11.3 Å². The van der Waals surface area contributed by atoms with Crippen LogP contribution in [0.2, 0.25) is 0 Å². The molecule has 1 aliphatic carbocycles. The number of amides is 1. The van der Waals surface area contributed by atoms with Crippen LogP contribution < -0.4 is 11.5 Å². The molecule has 4 N–H and O–H groups in total. The highest BCUT2D eigenvalue weighted by Gasteiger charge is 2.40. The molecule has 0 fully saturated rings. The monoisotopic (exact) mass is 301 g/mol. The minimum atomic E-state index is -4.53. The number of anilines is 1. The molecule has 0 saturated carbocycles. The molecule has 2 aromatic heterocycles. The molecule has 0 aliphatic heterocycles. The molecule has 0 aromatic carbocycles. The molecule has 1 aliphatic rings. The minimum Gasteiger partial charge on any atom is -0.397 e. The summed E-state index contributed by atoms with van der Waals surface area (Å²) < 4.78 is 40.1. The normalized spacial score (nSPS) is 14.8. The van der Waals surface area contributed by atoms with E-state index in [1.54, 1.807) is 0 Å². The first-order valence-electron chi connectivity index (χ1n) is 5.91. The lowest BCUT2D eigenvalue weighted by molar-refractivity contribution is -0.136. The van der Waals surface area contributed by atoms with Gasteiger partial charge in [-0.2, -0.15) is 13.2 Å². The summed E-state index contributed by atoms with van der Waals surface area (Å²) in [7, 11) is 0. The van der Waals surface area contributed by atoms with Crippen molar-refractivity contribution in [1.29, 1.82) is 0 Å². The van der Waals surface area contributed by atoms with E-state index in [0.29, 0.717) is 25.0 Å². The van der Waals surface area contributed by atoms with Gasteiger partial charge in [-0.1, -0.05) is 0 Å². The molecule has 2 heterocycles. The van der Waals surface area contributed by atoms with Crippen LogP contribution in [-0.2, 0) is 19.0 Å². The maximum absolute atomic E-state index is 13.4. The van der Waals surface area contributed by atoms with E-state index in [-0.39, 0.29) is 26.3 Å². The number of hydrogen-bond donors (Lipinski definition) is 2. The van der Waals surface area contributed by atoms with Gasteiger partial charge in [0.25, 0.3) is 5.91 Å². The number of pyridine rings is 1. The van der Waals surface area contributed by atoms with E-state index in [1.807, 2.05) is 0 Å². The zero-order chi connectivity index (χ0) is 14.7. The Morgan fingerprint density at radius 3 is 2.60 bits per heavy atom. The number of carbonyl (C=O) groups excluding carboxylic acids is 1. The molecule has 1 amide bonds. The fourth-order valence-electron chi connectivity index (χ4n) is 2.64. The smallest absolute Gasteiger partial charge is 0.397 e. The zero-order valence-corrected chi connectivity index (χ0v) is 11.0. The SMILES string of the molecule is NC(=O)c1sc2nc3c(c(C(F)(F)F)c2c1N)CCC3. The molecule has 20 heavy (non-hydrogen) atoms. The summed E-state index contributed by atoms with van der Waals surface area (Å²) in [6.07, 6.45) is -3.04. The van der Waals surface area contributed by atoms with Crippen LogP contribution in [0.4, 0.5) is 18.9 Å². The first kappa shape index (κ1) is 13.2. The maximum Gasteiger partial charge on any atom is 0.417 e. The Bertz CT molecular complexity index is 736. The quantitative estimate of drug-likeness (QED) is 0.849. The van der Waals surface area contributed by atoms with Crippen LogP contribution in [0.15, 0.2) is 0 Å². The number of halogens is 3. The fourth-order valence-corrected chi connectivity index (χ4v) is 3.62. The highest BCUT2D eigenvalue weighted by Crippen LogP contribution is 2.45. The summed E-state index contributed by atoms with van der Waals surface area (Å²) in [5.74, 6) is -0.834. The van der Waals surface area contributed by atoms with Crippen molar-refractivity contribution in [3.8, 4) is 0 Å². The summed E-state index contributed by atoms with van der Waals surface area (Å²) in [4.78, 5) is 15.5. The van der Waals surface area contributed by atoms with E-state index < -0.39 is 17.6 Å². The lowest BCUT2D eigenvalue weighted by Crippen LogP contribution is -2.13. The van der Waals surface area contributed by atoms with Crippen molar-refractivity contribution in [1.82, 2.24) is 4.98 Å². The lowest BCUT2D eigenvalue weighted by atomic mass is 10.0. The summed E-state index contributed by atoms with van der Waals surface area (Å²) in [6, 6.07) is 0. The van der Waals surface area contributed by atoms with Gasteiger partial charge in [-0.05, 0) is 24.8 Å². The van der Waals surface area contributed by atoms with E-state index in [2.05, 4.69) is 4.98 Å². The molecule has 0 atom stereocenters. The number of primary amides is 1. The van der Waals surface area contributed by atoms with Crippen molar-refractivity contribution in [3.63, 3.8) is 0 Å². The number of nitrogens with zero attached hydrogens (tertiary/aromatic N) is 1. The largest absolute Gasteiger partial charge is 0.417 e. The number of hydrogen-bond acceptors (Lipinski definition) is 4. The van der Waals surface area contributed by atoms with Gasteiger partial charge in [-0.3, -0.25) is 4.79 Å². The molecular formula is C12H10F3N3OS. The number of carbonyl (C=O) groups is 1. The molecule has 4 nitrogen and oxygen atoms in total. The van der Waals surface area contributed by atoms with E-state index >= 15 is 0 Å². The van der Waals surface area contributed by atoms with E-state index in [4.69, 9.17) is 11.5 Å². The zero-order valence-electron chi connectivity index (χ0n) is 10.2. The van der Waals surface area contributed by atoms with E-state index in [1.165, 1.54) is 0 Å². The van der Waals surface area contributed by atoms with Gasteiger partial charge >= 0.3 is 6.18 Å². The van der Waals surface area contributed by atoms with Crippen LogP contribution in [-0.4, -0.2) is 10.9 Å². The lowest BCUT2D eigenvalue weighted by Gasteiger charge is -2.13. The Hall–Kier alpha value is -1.83. The highest BCUT2D eigenvalue weighted by molar-refractivity contribution is 7.21. The Balaban J connectivity index is 2.46. The van der Waals surface area contributed by atoms with Gasteiger partial charge in [0.2, 0.25) is 0 Å². The van der Waals surface area contributed by atoms with Crippen LogP contribution in [0.1, 0.15) is 32.9 Å². The van der Waals surface area contributed by atoms with Crippen molar-refractivity contribution in [3.05, 3.63) is 21.7 Å². The van der Waals surface area contributed by atoms with Gasteiger partial charge in [-0.25, -0.2) is 4.98 Å².